The Balaban J connectivity index is 1.66. The minimum absolute atomic E-state index is 0.0242. The lowest BCUT2D eigenvalue weighted by molar-refractivity contribution is 0.0991. The highest BCUT2D eigenvalue weighted by Gasteiger charge is 2.17. The maximum Gasteiger partial charge on any atom is 0.168 e. The summed E-state index contributed by atoms with van der Waals surface area (Å²) in [4.78, 5) is 12.1. The van der Waals surface area contributed by atoms with Crippen LogP contribution in [0, 0.1) is 5.82 Å². The summed E-state index contributed by atoms with van der Waals surface area (Å²) in [6.45, 7) is 0. The lowest BCUT2D eigenvalue weighted by Gasteiger charge is -2.21. The average Bonchev–Trinajstić information content (AvgIpc) is 2.97. The largest absolute Gasteiger partial charge is 0.294 e. The molecule has 0 bridgehead atoms. The average molecular weight is 286 g/mol. The molecule has 21 heavy (non-hydrogen) atoms. The molecule has 0 N–H and O–H groups in total. The molecule has 0 atom stereocenters. The predicted octanol–water partition coefficient (Wildman–Crippen LogP) is 3.95. The molecule has 3 rings (SSSR count). The van der Waals surface area contributed by atoms with Crippen molar-refractivity contribution in [3.63, 3.8) is 0 Å². The molecule has 3 nitrogen and oxygen atoms in total. The first-order valence-electron chi connectivity index (χ1n) is 7.55. The summed E-state index contributed by atoms with van der Waals surface area (Å²) in [5, 5.41) is 4.54. The molecule has 1 fully saturated rings. The summed E-state index contributed by atoms with van der Waals surface area (Å²) in [5.41, 5.74) is 1.32. The number of ketones is 1. The fourth-order valence-electron chi connectivity index (χ4n) is 2.92. The number of carbonyl (C=O) groups is 1. The van der Waals surface area contributed by atoms with Gasteiger partial charge in [-0.2, -0.15) is 5.10 Å². The van der Waals surface area contributed by atoms with Gasteiger partial charge in [0.25, 0.3) is 0 Å². The van der Waals surface area contributed by atoms with Gasteiger partial charge in [0.2, 0.25) is 0 Å². The van der Waals surface area contributed by atoms with Gasteiger partial charge >= 0.3 is 0 Å². The van der Waals surface area contributed by atoms with Crippen LogP contribution in [0.25, 0.3) is 0 Å². The molecule has 0 aliphatic heterocycles. The third-order valence-corrected chi connectivity index (χ3v) is 4.12. The van der Waals surface area contributed by atoms with Gasteiger partial charge in [0, 0.05) is 11.8 Å². The van der Waals surface area contributed by atoms with E-state index in [0.717, 1.165) is 5.69 Å². The Kier molecular flexibility index (Phi) is 4.13. The summed E-state index contributed by atoms with van der Waals surface area (Å²) >= 11 is 0. The number of rotatable bonds is 4. The monoisotopic (exact) mass is 286 g/mol. The predicted molar refractivity (Wildman–Crippen MR) is 78.8 cm³/mol. The molecule has 0 amide bonds. The third-order valence-electron chi connectivity index (χ3n) is 4.12. The van der Waals surface area contributed by atoms with Gasteiger partial charge in [-0.25, -0.2) is 4.39 Å². The minimum atomic E-state index is -0.326. The first kappa shape index (κ1) is 14.0. The van der Waals surface area contributed by atoms with Crippen molar-refractivity contribution in [2.45, 2.75) is 44.6 Å². The Morgan fingerprint density at radius 3 is 2.57 bits per heavy atom. The topological polar surface area (TPSA) is 34.9 Å². The van der Waals surface area contributed by atoms with Gasteiger partial charge < -0.3 is 0 Å². The number of hydrogen-bond donors (Lipinski definition) is 0. The van der Waals surface area contributed by atoms with Crippen molar-refractivity contribution < 1.29 is 9.18 Å². The number of carbonyl (C=O) groups excluding carboxylic acids is 1. The van der Waals surface area contributed by atoms with Gasteiger partial charge in [-0.05, 0) is 43.2 Å². The zero-order chi connectivity index (χ0) is 14.7. The minimum Gasteiger partial charge on any atom is -0.294 e. The van der Waals surface area contributed by atoms with Crippen LogP contribution in [-0.2, 0) is 6.42 Å². The van der Waals surface area contributed by atoms with Crippen molar-refractivity contribution in [2.24, 2.45) is 0 Å². The summed E-state index contributed by atoms with van der Waals surface area (Å²) in [6.07, 6.45) is 8.42. The van der Waals surface area contributed by atoms with Crippen molar-refractivity contribution in [3.8, 4) is 0 Å². The zero-order valence-corrected chi connectivity index (χ0v) is 12.0. The summed E-state index contributed by atoms with van der Waals surface area (Å²) in [5.74, 6) is -0.350. The van der Waals surface area contributed by atoms with Crippen molar-refractivity contribution in [3.05, 3.63) is 53.6 Å². The number of Topliss-reactive ketones (excluding diaryl/α,β-unsaturated/α-hetero) is 1. The molecular weight excluding hydrogens is 267 g/mol. The molecule has 0 unspecified atom stereocenters. The van der Waals surface area contributed by atoms with E-state index in [1.54, 1.807) is 0 Å². The Labute approximate surface area is 123 Å². The van der Waals surface area contributed by atoms with E-state index < -0.39 is 0 Å². The highest BCUT2D eigenvalue weighted by atomic mass is 19.1. The first-order valence-corrected chi connectivity index (χ1v) is 7.55. The SMILES string of the molecule is O=C(Cc1ccn(C2CCCCC2)n1)c1ccc(F)cc1. The Hall–Kier alpha value is -1.97. The molecule has 1 aromatic carbocycles. The zero-order valence-electron chi connectivity index (χ0n) is 12.0. The summed E-state index contributed by atoms with van der Waals surface area (Å²) < 4.78 is 14.9. The number of halogens is 1. The van der Waals surface area contributed by atoms with Gasteiger partial charge in [-0.1, -0.05) is 19.3 Å². The van der Waals surface area contributed by atoms with Crippen LogP contribution in [-0.4, -0.2) is 15.6 Å². The molecule has 2 aromatic rings. The number of hydrogen-bond acceptors (Lipinski definition) is 2. The van der Waals surface area contributed by atoms with Crippen LogP contribution in [0.15, 0.2) is 36.5 Å². The van der Waals surface area contributed by atoms with Gasteiger partial charge in [-0.15, -0.1) is 0 Å². The van der Waals surface area contributed by atoms with Crippen molar-refractivity contribution in [1.29, 1.82) is 0 Å². The smallest absolute Gasteiger partial charge is 0.168 e. The molecule has 1 saturated carbocycles. The highest BCUT2D eigenvalue weighted by molar-refractivity contribution is 5.97. The maximum atomic E-state index is 12.9. The van der Waals surface area contributed by atoms with Crippen LogP contribution >= 0.6 is 0 Å². The van der Waals surface area contributed by atoms with Gasteiger partial charge in [0.1, 0.15) is 5.82 Å². The summed E-state index contributed by atoms with van der Waals surface area (Å²) in [7, 11) is 0. The maximum absolute atomic E-state index is 12.9. The molecule has 4 heteroatoms. The van der Waals surface area contributed by atoms with Crippen molar-refractivity contribution >= 4 is 5.78 Å². The first-order chi connectivity index (χ1) is 10.2. The second kappa shape index (κ2) is 6.20. The Morgan fingerprint density at radius 2 is 1.86 bits per heavy atom. The molecule has 1 aliphatic carbocycles. The normalized spacial score (nSPS) is 16.0. The van der Waals surface area contributed by atoms with E-state index in [1.165, 1.54) is 56.4 Å². The summed E-state index contributed by atoms with van der Waals surface area (Å²) in [6, 6.07) is 8.07. The fourth-order valence-corrected chi connectivity index (χ4v) is 2.92. The molecular formula is C17H19FN2O. The molecule has 0 saturated heterocycles. The Bertz CT molecular complexity index is 612. The van der Waals surface area contributed by atoms with E-state index in [4.69, 9.17) is 0 Å². The molecule has 0 radical (unpaired) electrons. The number of nitrogens with zero attached hydrogens (tertiary/aromatic N) is 2. The second-order valence-corrected chi connectivity index (χ2v) is 5.69. The van der Waals surface area contributed by atoms with E-state index in [9.17, 15) is 9.18 Å². The van der Waals surface area contributed by atoms with Crippen LogP contribution in [0.5, 0.6) is 0 Å². The highest BCUT2D eigenvalue weighted by Crippen LogP contribution is 2.27. The second-order valence-electron chi connectivity index (χ2n) is 5.69. The fraction of sp³-hybridized carbons (Fsp3) is 0.412. The van der Waals surface area contributed by atoms with Gasteiger partial charge in [0.15, 0.2) is 5.78 Å². The molecule has 1 aliphatic rings. The van der Waals surface area contributed by atoms with Crippen LogP contribution in [0.1, 0.15) is 54.2 Å². The van der Waals surface area contributed by atoms with Crippen LogP contribution in [0.2, 0.25) is 0 Å². The number of aromatic nitrogens is 2. The van der Waals surface area contributed by atoms with Crippen LogP contribution < -0.4 is 0 Å². The third kappa shape index (κ3) is 3.38. The lowest BCUT2D eigenvalue weighted by Crippen LogP contribution is -2.14. The van der Waals surface area contributed by atoms with E-state index in [1.807, 2.05) is 16.9 Å². The van der Waals surface area contributed by atoms with E-state index in [2.05, 4.69) is 5.10 Å². The van der Waals surface area contributed by atoms with Gasteiger partial charge in [-0.3, -0.25) is 9.48 Å². The van der Waals surface area contributed by atoms with E-state index >= 15 is 0 Å². The van der Waals surface area contributed by atoms with Crippen LogP contribution in [0.3, 0.4) is 0 Å². The van der Waals surface area contributed by atoms with Crippen molar-refractivity contribution in [1.82, 2.24) is 9.78 Å². The number of benzene rings is 1. The standard InChI is InChI=1S/C17H19FN2O/c18-14-8-6-13(7-9-14)17(21)12-15-10-11-20(19-15)16-4-2-1-3-5-16/h6-11,16H,1-5,12H2. The Morgan fingerprint density at radius 1 is 1.14 bits per heavy atom. The molecule has 1 aromatic heterocycles. The van der Waals surface area contributed by atoms with E-state index in [0.29, 0.717) is 11.6 Å². The molecule has 1 heterocycles. The van der Waals surface area contributed by atoms with E-state index in [-0.39, 0.29) is 18.0 Å². The van der Waals surface area contributed by atoms with Gasteiger partial charge in [0.05, 0.1) is 18.2 Å². The molecule has 0 spiro atoms. The molecule has 110 valence electrons. The van der Waals surface area contributed by atoms with Crippen molar-refractivity contribution in [2.75, 3.05) is 0 Å². The quantitative estimate of drug-likeness (QED) is 0.798. The van der Waals surface area contributed by atoms with Crippen LogP contribution in [0.4, 0.5) is 4.39 Å². The lowest BCUT2D eigenvalue weighted by atomic mass is 9.96.